The number of hydrogen-bond acceptors (Lipinski definition) is 5. The molecular weight excluding hydrogens is 206 g/mol. The summed E-state index contributed by atoms with van der Waals surface area (Å²) in [4.78, 5) is 8.57. The van der Waals surface area contributed by atoms with E-state index in [1.54, 1.807) is 6.20 Å². The van der Waals surface area contributed by atoms with Gasteiger partial charge in [0.05, 0.1) is 12.8 Å². The van der Waals surface area contributed by atoms with Crippen LogP contribution in [0.5, 0.6) is 0 Å². The minimum Gasteiger partial charge on any atom is -0.394 e. The van der Waals surface area contributed by atoms with Crippen molar-refractivity contribution in [3.63, 3.8) is 0 Å². The lowest BCUT2D eigenvalue weighted by Gasteiger charge is -2.13. The second-order valence-corrected chi connectivity index (χ2v) is 3.61. The molecule has 0 aliphatic heterocycles. The second-order valence-electron chi connectivity index (χ2n) is 3.61. The first-order chi connectivity index (χ1) is 7.74. The molecule has 6 nitrogen and oxygen atoms in total. The molecule has 0 spiro atoms. The van der Waals surface area contributed by atoms with Crippen LogP contribution in [-0.2, 0) is 0 Å². The first-order valence-electron chi connectivity index (χ1n) is 5.13. The molecule has 0 aliphatic carbocycles. The average Bonchev–Trinajstić information content (AvgIpc) is 2.76. The fraction of sp³-hybridized carbons (Fsp3) is 0.400. The lowest BCUT2D eigenvalue weighted by molar-refractivity contribution is 0.281. The molecule has 2 aromatic rings. The molecule has 1 atom stereocenters. The summed E-state index contributed by atoms with van der Waals surface area (Å²) in [7, 11) is 1.81. The minimum atomic E-state index is -0.0555. The molecule has 0 saturated carbocycles. The monoisotopic (exact) mass is 221 g/mol. The molecule has 6 heteroatoms. The summed E-state index contributed by atoms with van der Waals surface area (Å²) < 4.78 is 1.88. The van der Waals surface area contributed by atoms with Crippen molar-refractivity contribution in [1.29, 1.82) is 0 Å². The third-order valence-electron chi connectivity index (χ3n) is 2.29. The van der Waals surface area contributed by atoms with Gasteiger partial charge in [-0.25, -0.2) is 9.97 Å². The van der Waals surface area contributed by atoms with E-state index in [-0.39, 0.29) is 12.6 Å². The van der Waals surface area contributed by atoms with Gasteiger partial charge in [0.25, 0.3) is 0 Å². The SMILES string of the molecule is CNc1cn2ccnc2c(NC(C)CO)n1. The van der Waals surface area contributed by atoms with Crippen LogP contribution in [0.2, 0.25) is 0 Å². The Labute approximate surface area is 93.3 Å². The third kappa shape index (κ3) is 1.92. The van der Waals surface area contributed by atoms with E-state index in [1.807, 2.05) is 30.8 Å². The fourth-order valence-electron chi connectivity index (χ4n) is 1.43. The molecule has 0 bridgehead atoms. The summed E-state index contributed by atoms with van der Waals surface area (Å²) in [6.45, 7) is 1.94. The number of imidazole rings is 1. The van der Waals surface area contributed by atoms with E-state index in [9.17, 15) is 0 Å². The summed E-state index contributed by atoms with van der Waals surface area (Å²) in [5.74, 6) is 1.41. The lowest BCUT2D eigenvalue weighted by atomic mass is 10.3. The van der Waals surface area contributed by atoms with Crippen molar-refractivity contribution in [2.45, 2.75) is 13.0 Å². The van der Waals surface area contributed by atoms with Gasteiger partial charge < -0.3 is 20.1 Å². The van der Waals surface area contributed by atoms with Crippen molar-refractivity contribution in [2.75, 3.05) is 24.3 Å². The van der Waals surface area contributed by atoms with Crippen LogP contribution in [0.4, 0.5) is 11.6 Å². The Bertz CT molecular complexity index is 481. The van der Waals surface area contributed by atoms with Gasteiger partial charge in [0.15, 0.2) is 11.5 Å². The van der Waals surface area contributed by atoms with Gasteiger partial charge in [-0.2, -0.15) is 0 Å². The predicted molar refractivity (Wildman–Crippen MR) is 62.7 cm³/mol. The van der Waals surface area contributed by atoms with Crippen LogP contribution in [0.3, 0.4) is 0 Å². The molecular formula is C10H15N5O. The van der Waals surface area contributed by atoms with Gasteiger partial charge in [-0.1, -0.05) is 0 Å². The van der Waals surface area contributed by atoms with Crippen molar-refractivity contribution in [3.8, 4) is 0 Å². The van der Waals surface area contributed by atoms with Crippen LogP contribution in [0, 0.1) is 0 Å². The molecule has 86 valence electrons. The Morgan fingerprint density at radius 3 is 3.06 bits per heavy atom. The van der Waals surface area contributed by atoms with Crippen molar-refractivity contribution < 1.29 is 5.11 Å². The molecule has 1 unspecified atom stereocenters. The number of aromatic nitrogens is 3. The third-order valence-corrected chi connectivity index (χ3v) is 2.29. The molecule has 0 radical (unpaired) electrons. The number of anilines is 2. The topological polar surface area (TPSA) is 74.5 Å². The van der Waals surface area contributed by atoms with Crippen LogP contribution in [0.1, 0.15) is 6.92 Å². The number of hydrogen-bond donors (Lipinski definition) is 3. The second kappa shape index (κ2) is 4.36. The summed E-state index contributed by atoms with van der Waals surface area (Å²) in [5.41, 5.74) is 0.749. The van der Waals surface area contributed by atoms with E-state index in [0.717, 1.165) is 11.5 Å². The van der Waals surface area contributed by atoms with E-state index < -0.39 is 0 Å². The zero-order valence-electron chi connectivity index (χ0n) is 9.31. The Morgan fingerprint density at radius 1 is 1.56 bits per heavy atom. The van der Waals surface area contributed by atoms with Crippen LogP contribution >= 0.6 is 0 Å². The van der Waals surface area contributed by atoms with E-state index in [2.05, 4.69) is 20.6 Å². The van der Waals surface area contributed by atoms with Gasteiger partial charge in [0, 0.05) is 25.5 Å². The van der Waals surface area contributed by atoms with Crippen molar-refractivity contribution in [3.05, 3.63) is 18.6 Å². The van der Waals surface area contributed by atoms with E-state index in [1.165, 1.54) is 0 Å². The molecule has 16 heavy (non-hydrogen) atoms. The molecule has 0 fully saturated rings. The van der Waals surface area contributed by atoms with Gasteiger partial charge in [0.1, 0.15) is 5.82 Å². The van der Waals surface area contributed by atoms with Crippen molar-refractivity contribution in [1.82, 2.24) is 14.4 Å². The van der Waals surface area contributed by atoms with Crippen molar-refractivity contribution in [2.24, 2.45) is 0 Å². The fourth-order valence-corrected chi connectivity index (χ4v) is 1.43. The number of rotatable bonds is 4. The average molecular weight is 221 g/mol. The van der Waals surface area contributed by atoms with Crippen LogP contribution in [-0.4, -0.2) is 39.2 Å². The quantitative estimate of drug-likeness (QED) is 0.703. The number of aliphatic hydroxyl groups is 1. The van der Waals surface area contributed by atoms with Gasteiger partial charge >= 0.3 is 0 Å². The Morgan fingerprint density at radius 2 is 2.38 bits per heavy atom. The number of nitrogens with zero attached hydrogens (tertiary/aromatic N) is 3. The van der Waals surface area contributed by atoms with Crippen LogP contribution < -0.4 is 10.6 Å². The van der Waals surface area contributed by atoms with E-state index in [4.69, 9.17) is 5.11 Å². The predicted octanol–water partition coefficient (Wildman–Crippen LogP) is 0.564. The van der Waals surface area contributed by atoms with Crippen LogP contribution in [0.15, 0.2) is 18.6 Å². The maximum Gasteiger partial charge on any atom is 0.180 e. The molecule has 2 aromatic heterocycles. The molecule has 2 rings (SSSR count). The molecule has 0 saturated heterocycles. The number of aliphatic hydroxyl groups excluding tert-OH is 1. The molecule has 0 amide bonds. The standard InChI is InChI=1S/C10H15N5O/c1-7(6-16)13-9-10-12-3-4-15(10)5-8(11-2)14-9/h3-5,7,11,16H,6H2,1-2H3,(H,13,14). The van der Waals surface area contributed by atoms with E-state index >= 15 is 0 Å². The maximum atomic E-state index is 9.01. The highest BCUT2D eigenvalue weighted by molar-refractivity contribution is 5.65. The number of fused-ring (bicyclic) bond motifs is 1. The van der Waals surface area contributed by atoms with Crippen LogP contribution in [0.25, 0.3) is 5.65 Å². The maximum absolute atomic E-state index is 9.01. The zero-order chi connectivity index (χ0) is 11.5. The highest BCUT2D eigenvalue weighted by Crippen LogP contribution is 2.16. The van der Waals surface area contributed by atoms with E-state index in [0.29, 0.717) is 5.82 Å². The normalized spacial score (nSPS) is 12.7. The smallest absolute Gasteiger partial charge is 0.180 e. The lowest BCUT2D eigenvalue weighted by Crippen LogP contribution is -2.21. The highest BCUT2D eigenvalue weighted by atomic mass is 16.3. The van der Waals surface area contributed by atoms with Gasteiger partial charge in [-0.3, -0.25) is 0 Å². The van der Waals surface area contributed by atoms with Gasteiger partial charge in [-0.05, 0) is 6.92 Å². The largest absolute Gasteiger partial charge is 0.394 e. The summed E-state index contributed by atoms with van der Waals surface area (Å²) in [5, 5.41) is 15.1. The molecule has 0 aliphatic rings. The van der Waals surface area contributed by atoms with Crippen molar-refractivity contribution >= 4 is 17.3 Å². The van der Waals surface area contributed by atoms with Gasteiger partial charge in [0.2, 0.25) is 0 Å². The Kier molecular flexibility index (Phi) is 2.91. The summed E-state index contributed by atoms with van der Waals surface area (Å²) >= 11 is 0. The Balaban J connectivity index is 2.44. The molecule has 2 heterocycles. The van der Waals surface area contributed by atoms with Gasteiger partial charge in [-0.15, -0.1) is 0 Å². The first-order valence-corrected chi connectivity index (χ1v) is 5.13. The zero-order valence-corrected chi connectivity index (χ0v) is 9.31. The number of nitrogens with one attached hydrogen (secondary N) is 2. The molecule has 3 N–H and O–H groups in total. The summed E-state index contributed by atoms with van der Waals surface area (Å²) in [6, 6.07) is -0.0555. The minimum absolute atomic E-state index is 0.0539. The highest BCUT2D eigenvalue weighted by Gasteiger charge is 2.09. The Hall–Kier alpha value is -1.82. The summed E-state index contributed by atoms with van der Waals surface area (Å²) in [6.07, 6.45) is 5.43. The molecule has 0 aromatic carbocycles. The first kappa shape index (κ1) is 10.7.